The van der Waals surface area contributed by atoms with Crippen LogP contribution in [0.2, 0.25) is 0 Å². The number of hydrogen-bond donors (Lipinski definition) is 1. The van der Waals surface area contributed by atoms with Crippen LogP contribution in [-0.4, -0.2) is 19.2 Å². The second-order valence-corrected chi connectivity index (χ2v) is 4.96. The first-order valence-electron chi connectivity index (χ1n) is 6.27. The number of ether oxygens (including phenoxy) is 1. The summed E-state index contributed by atoms with van der Waals surface area (Å²) in [4.78, 5) is 0. The van der Waals surface area contributed by atoms with Crippen LogP contribution in [0.25, 0.3) is 0 Å². The van der Waals surface area contributed by atoms with Gasteiger partial charge in [0.2, 0.25) is 0 Å². The van der Waals surface area contributed by atoms with Crippen LogP contribution >= 0.6 is 0 Å². The molecule has 2 atom stereocenters. The normalized spacial score (nSPS) is 24.5. The molecule has 0 saturated carbocycles. The topological polar surface area (TPSA) is 21.3 Å². The van der Waals surface area contributed by atoms with Gasteiger partial charge in [0.1, 0.15) is 5.82 Å². The molecule has 94 valence electrons. The van der Waals surface area contributed by atoms with Gasteiger partial charge in [0.05, 0.1) is 6.10 Å². The third kappa shape index (κ3) is 3.27. The highest BCUT2D eigenvalue weighted by atomic mass is 19.1. The summed E-state index contributed by atoms with van der Waals surface area (Å²) in [6.45, 7) is 5.96. The average Bonchev–Trinajstić information content (AvgIpc) is 2.74. The van der Waals surface area contributed by atoms with Crippen LogP contribution in [0.1, 0.15) is 31.9 Å². The number of hydrogen-bond acceptors (Lipinski definition) is 2. The third-order valence-corrected chi connectivity index (χ3v) is 3.18. The first kappa shape index (κ1) is 12.5. The van der Waals surface area contributed by atoms with Crippen molar-refractivity contribution in [1.82, 2.24) is 5.32 Å². The molecule has 1 aliphatic heterocycles. The van der Waals surface area contributed by atoms with E-state index in [2.05, 4.69) is 19.2 Å². The second kappa shape index (κ2) is 5.61. The van der Waals surface area contributed by atoms with Crippen molar-refractivity contribution in [3.05, 3.63) is 35.6 Å². The monoisotopic (exact) mass is 237 g/mol. The van der Waals surface area contributed by atoms with E-state index in [0.717, 1.165) is 25.1 Å². The van der Waals surface area contributed by atoms with E-state index in [1.54, 1.807) is 12.1 Å². The van der Waals surface area contributed by atoms with Crippen LogP contribution in [0.5, 0.6) is 0 Å². The zero-order valence-corrected chi connectivity index (χ0v) is 10.4. The minimum Gasteiger partial charge on any atom is -0.373 e. The Labute approximate surface area is 102 Å². The van der Waals surface area contributed by atoms with E-state index in [1.165, 1.54) is 6.07 Å². The first-order chi connectivity index (χ1) is 8.16. The molecule has 0 bridgehead atoms. The molecule has 1 saturated heterocycles. The highest BCUT2D eigenvalue weighted by Crippen LogP contribution is 2.34. The maximum atomic E-state index is 13.2. The van der Waals surface area contributed by atoms with Gasteiger partial charge in [-0.1, -0.05) is 26.0 Å². The molecule has 1 aliphatic rings. The molecule has 1 N–H and O–H groups in total. The fourth-order valence-electron chi connectivity index (χ4n) is 2.28. The molecule has 2 nitrogen and oxygen atoms in total. The predicted octanol–water partition coefficient (Wildman–Crippen LogP) is 2.90. The van der Waals surface area contributed by atoms with Crippen LogP contribution in [-0.2, 0) is 4.74 Å². The molecule has 0 aliphatic carbocycles. The van der Waals surface area contributed by atoms with Crippen molar-refractivity contribution in [3.63, 3.8) is 0 Å². The van der Waals surface area contributed by atoms with Gasteiger partial charge in [0.25, 0.3) is 0 Å². The van der Waals surface area contributed by atoms with Gasteiger partial charge in [0, 0.05) is 25.1 Å². The predicted molar refractivity (Wildman–Crippen MR) is 66.3 cm³/mol. The molecule has 17 heavy (non-hydrogen) atoms. The van der Waals surface area contributed by atoms with Gasteiger partial charge in [-0.3, -0.25) is 0 Å². The van der Waals surface area contributed by atoms with E-state index in [-0.39, 0.29) is 11.9 Å². The Morgan fingerprint density at radius 2 is 2.29 bits per heavy atom. The Bertz CT molecular complexity index is 367. The zero-order chi connectivity index (χ0) is 12.3. The summed E-state index contributed by atoms with van der Waals surface area (Å²) in [5, 5.41) is 3.43. The molecule has 1 heterocycles. The lowest BCUT2D eigenvalue weighted by Crippen LogP contribution is -2.30. The number of rotatable bonds is 4. The van der Waals surface area contributed by atoms with Crippen LogP contribution in [0.4, 0.5) is 4.39 Å². The Balaban J connectivity index is 2.04. The van der Waals surface area contributed by atoms with Gasteiger partial charge < -0.3 is 10.1 Å². The number of nitrogens with one attached hydrogen (secondary N) is 1. The van der Waals surface area contributed by atoms with Crippen molar-refractivity contribution in [2.45, 2.75) is 32.4 Å². The highest BCUT2D eigenvalue weighted by Gasteiger charge is 2.29. The highest BCUT2D eigenvalue weighted by molar-refractivity contribution is 5.20. The summed E-state index contributed by atoms with van der Waals surface area (Å²) in [5.74, 6) is 0.257. The summed E-state index contributed by atoms with van der Waals surface area (Å²) < 4.78 is 18.9. The minimum atomic E-state index is -0.187. The molecule has 0 aromatic heterocycles. The van der Waals surface area contributed by atoms with Gasteiger partial charge in [-0.05, 0) is 24.1 Å². The van der Waals surface area contributed by atoms with Crippen LogP contribution in [0.15, 0.2) is 24.3 Å². The van der Waals surface area contributed by atoms with Gasteiger partial charge >= 0.3 is 0 Å². The lowest BCUT2D eigenvalue weighted by molar-refractivity contribution is 0.0898. The van der Waals surface area contributed by atoms with Crippen molar-refractivity contribution in [1.29, 1.82) is 0 Å². The average molecular weight is 237 g/mol. The van der Waals surface area contributed by atoms with Gasteiger partial charge in [-0.15, -0.1) is 0 Å². The summed E-state index contributed by atoms with van der Waals surface area (Å²) in [6, 6.07) is 7.22. The maximum Gasteiger partial charge on any atom is 0.123 e. The Morgan fingerprint density at radius 1 is 1.47 bits per heavy atom. The van der Waals surface area contributed by atoms with Crippen molar-refractivity contribution in [2.24, 2.45) is 5.92 Å². The van der Waals surface area contributed by atoms with Crippen molar-refractivity contribution in [3.8, 4) is 0 Å². The fourth-order valence-corrected chi connectivity index (χ4v) is 2.28. The molecule has 1 aromatic carbocycles. The molecule has 0 amide bonds. The van der Waals surface area contributed by atoms with E-state index >= 15 is 0 Å². The molecule has 2 rings (SSSR count). The number of benzene rings is 1. The molecule has 0 spiro atoms. The Kier molecular flexibility index (Phi) is 4.13. The quantitative estimate of drug-likeness (QED) is 0.869. The van der Waals surface area contributed by atoms with Gasteiger partial charge in [0.15, 0.2) is 0 Å². The van der Waals surface area contributed by atoms with Gasteiger partial charge in [-0.2, -0.15) is 0 Å². The Hall–Kier alpha value is -0.930. The molecule has 2 unspecified atom stereocenters. The van der Waals surface area contributed by atoms with Crippen molar-refractivity contribution in [2.75, 3.05) is 13.2 Å². The molecule has 3 heteroatoms. The molecule has 0 radical (unpaired) electrons. The third-order valence-electron chi connectivity index (χ3n) is 3.18. The standard InChI is InChI=1S/C14H20FNO/c1-10(2)16-9-12-6-7-17-14(12)11-4-3-5-13(15)8-11/h3-5,8,10,12,14,16H,6-7,9H2,1-2H3. The van der Waals surface area contributed by atoms with Crippen LogP contribution < -0.4 is 5.32 Å². The van der Waals surface area contributed by atoms with E-state index in [9.17, 15) is 4.39 Å². The lowest BCUT2D eigenvalue weighted by Gasteiger charge is -2.20. The smallest absolute Gasteiger partial charge is 0.123 e. The summed E-state index contributed by atoms with van der Waals surface area (Å²) in [5.41, 5.74) is 0.957. The van der Waals surface area contributed by atoms with E-state index in [4.69, 9.17) is 4.74 Å². The molecule has 1 fully saturated rings. The molecular formula is C14H20FNO. The zero-order valence-electron chi connectivity index (χ0n) is 10.4. The summed E-state index contributed by atoms with van der Waals surface area (Å²) in [7, 11) is 0. The van der Waals surface area contributed by atoms with Crippen LogP contribution in [0.3, 0.4) is 0 Å². The second-order valence-electron chi connectivity index (χ2n) is 4.96. The first-order valence-corrected chi connectivity index (χ1v) is 6.27. The summed E-state index contributed by atoms with van der Waals surface area (Å²) >= 11 is 0. The van der Waals surface area contributed by atoms with Gasteiger partial charge in [-0.25, -0.2) is 4.39 Å². The minimum absolute atomic E-state index is 0.0388. The molecular weight excluding hydrogens is 217 g/mol. The van der Waals surface area contributed by atoms with Crippen molar-refractivity contribution >= 4 is 0 Å². The largest absolute Gasteiger partial charge is 0.373 e. The number of halogens is 1. The lowest BCUT2D eigenvalue weighted by atomic mass is 9.95. The maximum absolute atomic E-state index is 13.2. The van der Waals surface area contributed by atoms with Crippen LogP contribution in [0, 0.1) is 11.7 Å². The van der Waals surface area contributed by atoms with Crippen molar-refractivity contribution < 1.29 is 9.13 Å². The fraction of sp³-hybridized carbons (Fsp3) is 0.571. The SMILES string of the molecule is CC(C)NCC1CCOC1c1cccc(F)c1. The summed E-state index contributed by atoms with van der Waals surface area (Å²) in [6.07, 6.45) is 1.08. The molecule has 1 aromatic rings. The van der Waals surface area contributed by atoms with E-state index in [0.29, 0.717) is 12.0 Å². The Morgan fingerprint density at radius 3 is 3.00 bits per heavy atom. The van der Waals surface area contributed by atoms with E-state index < -0.39 is 0 Å². The van der Waals surface area contributed by atoms with E-state index in [1.807, 2.05) is 6.07 Å².